The molecule has 0 aliphatic heterocycles. The summed E-state index contributed by atoms with van der Waals surface area (Å²) in [4.78, 5) is 12.3. The first-order chi connectivity index (χ1) is 11.2. The summed E-state index contributed by atoms with van der Waals surface area (Å²) in [6.45, 7) is 0. The minimum atomic E-state index is -0.269. The van der Waals surface area contributed by atoms with Crippen molar-refractivity contribution >= 4 is 11.8 Å². The van der Waals surface area contributed by atoms with Crippen LogP contribution in [0.3, 0.4) is 0 Å². The molecule has 0 unspecified atom stereocenters. The number of hydrogen-bond acceptors (Lipinski definition) is 2. The number of hydrogen-bond donors (Lipinski definition) is 2. The largest absolute Gasteiger partial charge is 0.331 e. The molecule has 23 heavy (non-hydrogen) atoms. The highest BCUT2D eigenvalue weighted by molar-refractivity contribution is 5.88. The summed E-state index contributed by atoms with van der Waals surface area (Å²) in [5.74, 6) is 0.449. The second-order valence-electron chi connectivity index (χ2n) is 6.28. The summed E-state index contributed by atoms with van der Waals surface area (Å²) in [6, 6.07) is 6.62. The normalized spacial score (nSPS) is 20.0. The molecule has 0 saturated heterocycles. The number of nitrogens with one attached hydrogen (secondary N) is 2. The summed E-state index contributed by atoms with van der Waals surface area (Å²) in [5.41, 5.74) is 2.01. The third kappa shape index (κ3) is 2.93. The van der Waals surface area contributed by atoms with Gasteiger partial charge < -0.3 is 5.32 Å². The average molecular weight is 314 g/mol. The molecule has 0 radical (unpaired) electrons. The number of anilines is 1. The fourth-order valence-corrected chi connectivity index (χ4v) is 3.25. The van der Waals surface area contributed by atoms with Gasteiger partial charge in [-0.15, -0.1) is 0 Å². The molecule has 6 heteroatoms. The van der Waals surface area contributed by atoms with Crippen LogP contribution in [0.5, 0.6) is 0 Å². The quantitative estimate of drug-likeness (QED) is 0.910. The van der Waals surface area contributed by atoms with Crippen molar-refractivity contribution in [3.05, 3.63) is 47.4 Å². The number of carbonyl (C=O) groups is 1. The Morgan fingerprint density at radius 2 is 2.13 bits per heavy atom. The van der Waals surface area contributed by atoms with E-state index in [0.717, 1.165) is 43.2 Å². The van der Waals surface area contributed by atoms with E-state index in [1.54, 1.807) is 12.3 Å². The smallest absolute Gasteiger partial charge is 0.320 e. The molecule has 120 valence electrons. The lowest BCUT2D eigenvalue weighted by atomic mass is 9.87. The van der Waals surface area contributed by atoms with E-state index in [1.165, 1.54) is 12.1 Å². The van der Waals surface area contributed by atoms with Crippen molar-refractivity contribution in [2.24, 2.45) is 0 Å². The van der Waals surface area contributed by atoms with Crippen molar-refractivity contribution in [3.8, 4) is 0 Å². The molecule has 0 spiro atoms. The van der Waals surface area contributed by atoms with Crippen LogP contribution in [-0.2, 0) is 6.42 Å². The Bertz CT molecular complexity index is 738. The average Bonchev–Trinajstić information content (AvgIpc) is 3.28. The number of carbonyl (C=O) groups excluding carboxylic acids is 1. The summed E-state index contributed by atoms with van der Waals surface area (Å²) < 4.78 is 15.4. The van der Waals surface area contributed by atoms with E-state index in [-0.39, 0.29) is 17.9 Å². The molecule has 1 saturated carbocycles. The van der Waals surface area contributed by atoms with Crippen LogP contribution < -0.4 is 10.6 Å². The molecule has 1 heterocycles. The Morgan fingerprint density at radius 1 is 1.26 bits per heavy atom. The van der Waals surface area contributed by atoms with Crippen molar-refractivity contribution in [2.45, 2.75) is 44.2 Å². The Morgan fingerprint density at radius 3 is 2.96 bits per heavy atom. The summed E-state index contributed by atoms with van der Waals surface area (Å²) in [6.07, 6.45) is 6.65. The highest BCUT2D eigenvalue weighted by Crippen LogP contribution is 2.36. The van der Waals surface area contributed by atoms with Gasteiger partial charge in [-0.3, -0.25) is 5.32 Å². The fraction of sp³-hybridized carbons (Fsp3) is 0.412. The van der Waals surface area contributed by atoms with Gasteiger partial charge in [0.1, 0.15) is 11.6 Å². The van der Waals surface area contributed by atoms with E-state index < -0.39 is 0 Å². The molecule has 2 aromatic rings. The Balaban J connectivity index is 1.47. The van der Waals surface area contributed by atoms with Gasteiger partial charge >= 0.3 is 6.03 Å². The van der Waals surface area contributed by atoms with E-state index in [9.17, 15) is 9.18 Å². The van der Waals surface area contributed by atoms with Gasteiger partial charge in [-0.1, -0.05) is 6.07 Å². The van der Waals surface area contributed by atoms with Gasteiger partial charge in [-0.05, 0) is 55.4 Å². The third-order valence-corrected chi connectivity index (χ3v) is 4.53. The molecule has 0 bridgehead atoms. The predicted octanol–water partition coefficient (Wildman–Crippen LogP) is 3.56. The first kappa shape index (κ1) is 14.2. The molecule has 2 N–H and O–H groups in total. The van der Waals surface area contributed by atoms with Crippen molar-refractivity contribution in [1.29, 1.82) is 0 Å². The summed E-state index contributed by atoms with van der Waals surface area (Å²) >= 11 is 0. The van der Waals surface area contributed by atoms with Crippen molar-refractivity contribution < 1.29 is 9.18 Å². The number of nitrogens with zero attached hydrogens (tertiary/aromatic N) is 2. The zero-order valence-corrected chi connectivity index (χ0v) is 12.8. The Labute approximate surface area is 133 Å². The van der Waals surface area contributed by atoms with E-state index in [1.807, 2.05) is 10.7 Å². The molecule has 1 aromatic carbocycles. The van der Waals surface area contributed by atoms with Crippen molar-refractivity contribution in [1.82, 2.24) is 15.1 Å². The van der Waals surface area contributed by atoms with Gasteiger partial charge in [0.05, 0.1) is 18.3 Å². The lowest BCUT2D eigenvalue weighted by Gasteiger charge is -2.26. The Kier molecular flexibility index (Phi) is 3.52. The summed E-state index contributed by atoms with van der Waals surface area (Å²) in [7, 11) is 0. The van der Waals surface area contributed by atoms with Gasteiger partial charge in [0.15, 0.2) is 0 Å². The number of aryl methyl sites for hydroxylation is 1. The van der Waals surface area contributed by atoms with Gasteiger partial charge in [0, 0.05) is 6.07 Å². The molecule has 1 fully saturated rings. The maximum absolute atomic E-state index is 13.5. The molecule has 2 aliphatic rings. The van der Waals surface area contributed by atoms with Gasteiger partial charge in [0.25, 0.3) is 0 Å². The summed E-state index contributed by atoms with van der Waals surface area (Å²) in [5, 5.41) is 10.1. The highest BCUT2D eigenvalue weighted by Gasteiger charge is 2.27. The molecule has 4 rings (SSSR count). The maximum atomic E-state index is 13.5. The molecule has 2 amide bonds. The van der Waals surface area contributed by atoms with Crippen molar-refractivity contribution in [3.63, 3.8) is 0 Å². The maximum Gasteiger partial charge on any atom is 0.320 e. The number of fused-ring (bicyclic) bond motifs is 1. The van der Waals surface area contributed by atoms with Crippen LogP contribution in [0.2, 0.25) is 0 Å². The second kappa shape index (κ2) is 5.68. The number of aromatic nitrogens is 2. The van der Waals surface area contributed by atoms with Gasteiger partial charge in [-0.2, -0.15) is 5.10 Å². The minimum Gasteiger partial charge on any atom is -0.331 e. The first-order valence-corrected chi connectivity index (χ1v) is 8.10. The third-order valence-electron chi connectivity index (χ3n) is 4.53. The predicted molar refractivity (Wildman–Crippen MR) is 84.7 cm³/mol. The SMILES string of the molecule is O=C(Nc1ccnn1C1CC1)N[C@H]1CCCc2ccc(F)cc21. The fourth-order valence-electron chi connectivity index (χ4n) is 3.25. The standard InChI is InChI=1S/C17H19FN4O/c18-12-5-4-11-2-1-3-15(14(11)10-12)20-17(23)21-16-8-9-19-22(16)13-6-7-13/h4-5,8-10,13,15H,1-3,6-7H2,(H2,20,21,23)/t15-/m0/s1. The highest BCUT2D eigenvalue weighted by atomic mass is 19.1. The van der Waals surface area contributed by atoms with E-state index in [0.29, 0.717) is 11.9 Å². The lowest BCUT2D eigenvalue weighted by Crippen LogP contribution is -2.35. The number of amides is 2. The monoisotopic (exact) mass is 314 g/mol. The van der Waals surface area contributed by atoms with E-state index in [2.05, 4.69) is 15.7 Å². The van der Waals surface area contributed by atoms with Crippen LogP contribution >= 0.6 is 0 Å². The zero-order chi connectivity index (χ0) is 15.8. The molecular formula is C17H19FN4O. The molecule has 1 atom stereocenters. The first-order valence-electron chi connectivity index (χ1n) is 8.10. The number of benzene rings is 1. The molecule has 2 aliphatic carbocycles. The van der Waals surface area contributed by atoms with Crippen molar-refractivity contribution in [2.75, 3.05) is 5.32 Å². The Hall–Kier alpha value is -2.37. The molecule has 1 aromatic heterocycles. The molecule has 5 nitrogen and oxygen atoms in total. The van der Waals surface area contributed by atoms with Crippen LogP contribution in [0.25, 0.3) is 0 Å². The lowest BCUT2D eigenvalue weighted by molar-refractivity contribution is 0.247. The van der Waals surface area contributed by atoms with Crippen LogP contribution in [0, 0.1) is 5.82 Å². The van der Waals surface area contributed by atoms with Crippen LogP contribution in [0.4, 0.5) is 15.0 Å². The second-order valence-corrected chi connectivity index (χ2v) is 6.28. The van der Waals surface area contributed by atoms with Gasteiger partial charge in [0.2, 0.25) is 0 Å². The number of rotatable bonds is 3. The topological polar surface area (TPSA) is 59.0 Å². The van der Waals surface area contributed by atoms with Crippen LogP contribution in [-0.4, -0.2) is 15.8 Å². The van der Waals surface area contributed by atoms with Crippen LogP contribution in [0.1, 0.15) is 48.9 Å². The zero-order valence-electron chi connectivity index (χ0n) is 12.8. The number of halogens is 1. The minimum absolute atomic E-state index is 0.147. The van der Waals surface area contributed by atoms with Crippen LogP contribution in [0.15, 0.2) is 30.5 Å². The van der Waals surface area contributed by atoms with Gasteiger partial charge in [-0.25, -0.2) is 13.9 Å². The van der Waals surface area contributed by atoms with E-state index >= 15 is 0 Å². The number of urea groups is 1. The van der Waals surface area contributed by atoms with E-state index in [4.69, 9.17) is 0 Å². The molecular weight excluding hydrogens is 295 g/mol.